The van der Waals surface area contributed by atoms with Gasteiger partial charge in [-0.25, -0.2) is 0 Å². The molecule has 0 radical (unpaired) electrons. The zero-order valence-corrected chi connectivity index (χ0v) is 8.66. The van der Waals surface area contributed by atoms with Crippen molar-refractivity contribution in [3.05, 3.63) is 35.9 Å². The van der Waals surface area contributed by atoms with Crippen molar-refractivity contribution < 1.29 is 9.84 Å². The molecule has 1 rings (SSSR count). The Morgan fingerprint density at radius 2 is 2.14 bits per heavy atom. The third-order valence-electron chi connectivity index (χ3n) is 2.04. The van der Waals surface area contributed by atoms with Crippen molar-refractivity contribution >= 4 is 0 Å². The third-order valence-corrected chi connectivity index (χ3v) is 2.04. The van der Waals surface area contributed by atoms with Gasteiger partial charge >= 0.3 is 0 Å². The molecule has 0 amide bonds. The highest BCUT2D eigenvalue weighted by atomic mass is 16.5. The van der Waals surface area contributed by atoms with Crippen LogP contribution in [-0.2, 0) is 6.42 Å². The lowest BCUT2D eigenvalue weighted by Gasteiger charge is -2.06. The van der Waals surface area contributed by atoms with Gasteiger partial charge in [-0.15, -0.1) is 0 Å². The fourth-order valence-corrected chi connectivity index (χ4v) is 1.27. The highest BCUT2D eigenvalue weighted by Gasteiger charge is 2.04. The number of benzene rings is 1. The fraction of sp³-hybridized carbons (Fsp3) is 0.333. The summed E-state index contributed by atoms with van der Waals surface area (Å²) < 4.78 is 5.02. The first-order valence-corrected chi connectivity index (χ1v) is 4.79. The lowest BCUT2D eigenvalue weighted by atomic mass is 10.1. The molecule has 1 N–H and O–H groups in total. The summed E-state index contributed by atoms with van der Waals surface area (Å²) in [6.07, 6.45) is 5.90. The molecular weight excluding hydrogens is 176 g/mol. The molecule has 76 valence electrons. The van der Waals surface area contributed by atoms with Crippen LogP contribution in [0.3, 0.4) is 0 Å². The van der Waals surface area contributed by atoms with Crippen molar-refractivity contribution in [3.8, 4) is 11.5 Å². The smallest absolute Gasteiger partial charge is 0.161 e. The second-order valence-corrected chi connectivity index (χ2v) is 3.05. The maximum atomic E-state index is 9.73. The van der Waals surface area contributed by atoms with E-state index in [0.717, 1.165) is 18.4 Å². The van der Waals surface area contributed by atoms with E-state index in [1.165, 1.54) is 0 Å². The van der Waals surface area contributed by atoms with E-state index in [1.807, 2.05) is 12.1 Å². The van der Waals surface area contributed by atoms with Gasteiger partial charge in [0.25, 0.3) is 0 Å². The predicted molar refractivity (Wildman–Crippen MR) is 57.8 cm³/mol. The number of rotatable bonds is 4. The zero-order valence-electron chi connectivity index (χ0n) is 8.66. The van der Waals surface area contributed by atoms with Crippen LogP contribution in [0.25, 0.3) is 0 Å². The molecule has 0 fully saturated rings. The van der Waals surface area contributed by atoms with Crippen LogP contribution >= 0.6 is 0 Å². The van der Waals surface area contributed by atoms with Crippen molar-refractivity contribution in [1.29, 1.82) is 0 Å². The van der Waals surface area contributed by atoms with Gasteiger partial charge in [-0.1, -0.05) is 31.2 Å². The van der Waals surface area contributed by atoms with Crippen molar-refractivity contribution in [3.63, 3.8) is 0 Å². The fourth-order valence-electron chi connectivity index (χ4n) is 1.27. The summed E-state index contributed by atoms with van der Waals surface area (Å²) in [4.78, 5) is 0. The molecule has 0 heterocycles. The average molecular weight is 192 g/mol. The quantitative estimate of drug-likeness (QED) is 0.743. The maximum Gasteiger partial charge on any atom is 0.161 e. The first kappa shape index (κ1) is 10.6. The van der Waals surface area contributed by atoms with Gasteiger partial charge in [-0.2, -0.15) is 0 Å². The van der Waals surface area contributed by atoms with Crippen LogP contribution in [0.1, 0.15) is 18.9 Å². The summed E-state index contributed by atoms with van der Waals surface area (Å²) >= 11 is 0. The Morgan fingerprint density at radius 3 is 2.79 bits per heavy atom. The molecule has 1 aromatic rings. The summed E-state index contributed by atoms with van der Waals surface area (Å²) in [5.74, 6) is 0.781. The van der Waals surface area contributed by atoms with E-state index >= 15 is 0 Å². The molecule has 2 nitrogen and oxygen atoms in total. The van der Waals surface area contributed by atoms with Crippen LogP contribution in [0.4, 0.5) is 0 Å². The lowest BCUT2D eigenvalue weighted by molar-refractivity contribution is 0.371. The molecule has 0 bridgehead atoms. The van der Waals surface area contributed by atoms with E-state index in [-0.39, 0.29) is 5.75 Å². The molecule has 14 heavy (non-hydrogen) atoms. The first-order chi connectivity index (χ1) is 6.79. The Balaban J connectivity index is 2.81. The van der Waals surface area contributed by atoms with E-state index < -0.39 is 0 Å². The minimum atomic E-state index is 0.246. The molecule has 2 heteroatoms. The van der Waals surface area contributed by atoms with Gasteiger partial charge in [0.1, 0.15) is 0 Å². The minimum absolute atomic E-state index is 0.246. The molecule has 0 aliphatic carbocycles. The van der Waals surface area contributed by atoms with Gasteiger partial charge in [0.2, 0.25) is 0 Å². The number of ether oxygens (including phenoxy) is 1. The Kier molecular flexibility index (Phi) is 4.05. The van der Waals surface area contributed by atoms with E-state index in [2.05, 4.69) is 19.1 Å². The van der Waals surface area contributed by atoms with Crippen molar-refractivity contribution in [2.24, 2.45) is 0 Å². The molecule has 0 aromatic heterocycles. The number of hydrogen-bond donors (Lipinski definition) is 1. The molecule has 0 unspecified atom stereocenters. The molecule has 0 aliphatic rings. The van der Waals surface area contributed by atoms with Gasteiger partial charge in [-0.05, 0) is 18.9 Å². The minimum Gasteiger partial charge on any atom is -0.504 e. The number of phenols is 1. The molecule has 1 aromatic carbocycles. The van der Waals surface area contributed by atoms with Gasteiger partial charge in [0.15, 0.2) is 11.5 Å². The van der Waals surface area contributed by atoms with E-state index in [0.29, 0.717) is 5.75 Å². The highest BCUT2D eigenvalue weighted by molar-refractivity contribution is 5.46. The molecule has 0 saturated carbocycles. The summed E-state index contributed by atoms with van der Waals surface area (Å²) in [7, 11) is 1.56. The normalized spacial score (nSPS) is 10.7. The summed E-state index contributed by atoms with van der Waals surface area (Å²) in [5.41, 5.74) is 0.897. The van der Waals surface area contributed by atoms with Crippen LogP contribution in [0.15, 0.2) is 30.4 Å². The van der Waals surface area contributed by atoms with E-state index in [9.17, 15) is 5.11 Å². The van der Waals surface area contributed by atoms with Crippen molar-refractivity contribution in [2.75, 3.05) is 7.11 Å². The van der Waals surface area contributed by atoms with E-state index in [4.69, 9.17) is 4.74 Å². The molecular formula is C12H16O2. The Hall–Kier alpha value is -1.44. The predicted octanol–water partition coefficient (Wildman–Crippen LogP) is 2.91. The number of phenolic OH excluding ortho intramolecular Hbond substituents is 1. The Bertz CT molecular complexity index is 316. The zero-order chi connectivity index (χ0) is 10.4. The third kappa shape index (κ3) is 2.52. The van der Waals surface area contributed by atoms with Gasteiger partial charge in [-0.3, -0.25) is 0 Å². The maximum absolute atomic E-state index is 9.73. The summed E-state index contributed by atoms with van der Waals surface area (Å²) in [6.45, 7) is 2.09. The number of allylic oxidation sites excluding steroid dienone is 2. The molecule has 0 saturated heterocycles. The van der Waals surface area contributed by atoms with Crippen molar-refractivity contribution in [2.45, 2.75) is 19.8 Å². The van der Waals surface area contributed by atoms with Crippen LogP contribution in [0.5, 0.6) is 11.5 Å². The van der Waals surface area contributed by atoms with Crippen molar-refractivity contribution in [1.82, 2.24) is 0 Å². The summed E-state index contributed by atoms with van der Waals surface area (Å²) in [5, 5.41) is 9.73. The van der Waals surface area contributed by atoms with Crippen LogP contribution in [0.2, 0.25) is 0 Å². The monoisotopic (exact) mass is 192 g/mol. The number of methoxy groups -OCH3 is 1. The number of para-hydroxylation sites is 1. The van der Waals surface area contributed by atoms with E-state index in [1.54, 1.807) is 13.2 Å². The number of hydrogen-bond acceptors (Lipinski definition) is 2. The summed E-state index contributed by atoms with van der Waals surface area (Å²) in [6, 6.07) is 5.54. The lowest BCUT2D eigenvalue weighted by Crippen LogP contribution is -1.88. The Morgan fingerprint density at radius 1 is 1.36 bits per heavy atom. The van der Waals surface area contributed by atoms with Crippen LogP contribution < -0.4 is 4.74 Å². The van der Waals surface area contributed by atoms with Gasteiger partial charge < -0.3 is 9.84 Å². The van der Waals surface area contributed by atoms with Gasteiger partial charge in [0, 0.05) is 5.56 Å². The standard InChI is InChI=1S/C12H16O2/c1-3-4-5-7-10-8-6-9-11(14-2)12(10)13/h4-6,8-9,13H,3,7H2,1-2H3/b5-4+. The van der Waals surface area contributed by atoms with Crippen LogP contribution in [0, 0.1) is 0 Å². The second-order valence-electron chi connectivity index (χ2n) is 3.05. The molecule has 0 aliphatic heterocycles. The number of aromatic hydroxyl groups is 1. The van der Waals surface area contributed by atoms with Crippen LogP contribution in [-0.4, -0.2) is 12.2 Å². The highest BCUT2D eigenvalue weighted by Crippen LogP contribution is 2.29. The largest absolute Gasteiger partial charge is 0.504 e. The first-order valence-electron chi connectivity index (χ1n) is 4.79. The van der Waals surface area contributed by atoms with Gasteiger partial charge in [0.05, 0.1) is 7.11 Å². The molecule has 0 atom stereocenters. The second kappa shape index (κ2) is 5.32. The molecule has 0 spiro atoms. The SMILES string of the molecule is CC/C=C/Cc1cccc(OC)c1O. The topological polar surface area (TPSA) is 29.5 Å². The Labute approximate surface area is 84.8 Å². The average Bonchev–Trinajstić information content (AvgIpc) is 2.21.